The predicted octanol–water partition coefficient (Wildman–Crippen LogP) is 3.28. The third kappa shape index (κ3) is 3.04. The number of nitrogens with one attached hydrogen (secondary N) is 1. The first kappa shape index (κ1) is 17.9. The summed E-state index contributed by atoms with van der Waals surface area (Å²) in [6, 6.07) is 13.6. The van der Waals surface area contributed by atoms with Crippen LogP contribution in [0.4, 0.5) is 14.5 Å². The maximum Gasteiger partial charge on any atom is 0.387 e. The Morgan fingerprint density at radius 2 is 1.86 bits per heavy atom. The van der Waals surface area contributed by atoms with Gasteiger partial charge in [0.15, 0.2) is 5.82 Å². The molecule has 0 spiro atoms. The smallest absolute Gasteiger partial charge is 0.387 e. The van der Waals surface area contributed by atoms with E-state index in [-0.39, 0.29) is 17.9 Å². The number of para-hydroxylation sites is 3. The lowest BCUT2D eigenvalue weighted by Gasteiger charge is -2.13. The molecule has 0 radical (unpaired) electrons. The maximum atomic E-state index is 12.7. The van der Waals surface area contributed by atoms with Gasteiger partial charge in [0.25, 0.3) is 5.56 Å². The van der Waals surface area contributed by atoms with Crippen molar-refractivity contribution in [2.75, 3.05) is 5.32 Å². The molecule has 0 saturated heterocycles. The van der Waals surface area contributed by atoms with Gasteiger partial charge in [0.05, 0.1) is 23.1 Å². The number of aryl methyl sites for hydroxylation is 1. The topological polar surface area (TPSA) is 73.5 Å². The molecular formula is C19H17F2N5O2. The quantitative estimate of drug-likeness (QED) is 0.551. The van der Waals surface area contributed by atoms with Crippen LogP contribution < -0.4 is 15.6 Å². The van der Waals surface area contributed by atoms with E-state index < -0.39 is 6.61 Å². The van der Waals surface area contributed by atoms with Crippen LogP contribution in [-0.2, 0) is 13.1 Å². The molecule has 0 atom stereocenters. The predicted molar refractivity (Wildman–Crippen MR) is 101 cm³/mol. The van der Waals surface area contributed by atoms with Crippen LogP contribution in [0.5, 0.6) is 5.75 Å². The molecule has 0 aliphatic heterocycles. The molecule has 0 aliphatic rings. The Morgan fingerprint density at radius 3 is 2.64 bits per heavy atom. The summed E-state index contributed by atoms with van der Waals surface area (Å²) < 4.78 is 33.1. The second kappa shape index (κ2) is 7.26. The summed E-state index contributed by atoms with van der Waals surface area (Å²) >= 11 is 0. The minimum absolute atomic E-state index is 0.0432. The molecule has 0 amide bonds. The number of hydrogen-bond donors (Lipinski definition) is 1. The average molecular weight is 385 g/mol. The zero-order valence-corrected chi connectivity index (χ0v) is 15.0. The Hall–Kier alpha value is -3.49. The normalized spacial score (nSPS) is 11.4. The molecule has 0 saturated carbocycles. The van der Waals surface area contributed by atoms with Crippen LogP contribution in [0.2, 0.25) is 0 Å². The third-order valence-electron chi connectivity index (χ3n) is 4.43. The Kier molecular flexibility index (Phi) is 4.64. The van der Waals surface area contributed by atoms with Gasteiger partial charge in [-0.25, -0.2) is 0 Å². The molecule has 4 rings (SSSR count). The van der Waals surface area contributed by atoms with Gasteiger partial charge < -0.3 is 10.1 Å². The van der Waals surface area contributed by atoms with Gasteiger partial charge in [0.1, 0.15) is 5.75 Å². The fraction of sp³-hybridized carbons (Fsp3) is 0.211. The van der Waals surface area contributed by atoms with Crippen molar-refractivity contribution in [2.45, 2.75) is 26.6 Å². The highest BCUT2D eigenvalue weighted by molar-refractivity contribution is 5.80. The van der Waals surface area contributed by atoms with E-state index >= 15 is 0 Å². The number of benzene rings is 2. The summed E-state index contributed by atoms with van der Waals surface area (Å²) in [6.45, 7) is -0.402. The maximum absolute atomic E-state index is 12.7. The highest BCUT2D eigenvalue weighted by atomic mass is 19.3. The van der Waals surface area contributed by atoms with Crippen LogP contribution >= 0.6 is 0 Å². The van der Waals surface area contributed by atoms with E-state index in [4.69, 9.17) is 0 Å². The summed E-state index contributed by atoms with van der Waals surface area (Å²) in [4.78, 5) is 12.7. The highest BCUT2D eigenvalue weighted by Gasteiger charge is 2.16. The Balaban J connectivity index is 1.77. The zero-order valence-electron chi connectivity index (χ0n) is 15.0. The van der Waals surface area contributed by atoms with Crippen LogP contribution in [0.1, 0.15) is 12.7 Å². The standard InChI is InChI=1S/C19H17F2N5O2/c1-2-25-17(27)12-7-3-5-9-14(12)26-16(23-24-19(25)26)11-22-13-8-4-6-10-15(13)28-18(20)21/h3-10,18,22H,2,11H2,1H3. The number of halogens is 2. The first-order valence-corrected chi connectivity index (χ1v) is 8.73. The molecule has 2 aromatic heterocycles. The fourth-order valence-corrected chi connectivity index (χ4v) is 3.20. The van der Waals surface area contributed by atoms with E-state index in [1.807, 2.05) is 19.1 Å². The van der Waals surface area contributed by atoms with Gasteiger partial charge in [0, 0.05) is 6.54 Å². The van der Waals surface area contributed by atoms with Crippen LogP contribution in [-0.4, -0.2) is 25.8 Å². The van der Waals surface area contributed by atoms with Gasteiger partial charge in [-0.3, -0.25) is 13.8 Å². The first-order valence-electron chi connectivity index (χ1n) is 8.73. The van der Waals surface area contributed by atoms with E-state index in [0.717, 1.165) is 0 Å². The van der Waals surface area contributed by atoms with Crippen molar-refractivity contribution in [1.82, 2.24) is 19.2 Å². The summed E-state index contributed by atoms with van der Waals surface area (Å²) in [5, 5.41) is 12.0. The van der Waals surface area contributed by atoms with Crippen molar-refractivity contribution < 1.29 is 13.5 Å². The number of alkyl halides is 2. The fourth-order valence-electron chi connectivity index (χ4n) is 3.20. The zero-order chi connectivity index (χ0) is 19.7. The third-order valence-corrected chi connectivity index (χ3v) is 4.43. The first-order chi connectivity index (χ1) is 13.6. The van der Waals surface area contributed by atoms with Gasteiger partial charge in [0.2, 0.25) is 5.78 Å². The van der Waals surface area contributed by atoms with Gasteiger partial charge >= 0.3 is 6.61 Å². The van der Waals surface area contributed by atoms with E-state index in [2.05, 4.69) is 20.3 Å². The Morgan fingerprint density at radius 1 is 1.11 bits per heavy atom. The number of fused-ring (bicyclic) bond motifs is 3. The van der Waals surface area contributed by atoms with E-state index in [0.29, 0.717) is 34.7 Å². The van der Waals surface area contributed by atoms with Gasteiger partial charge in [-0.2, -0.15) is 8.78 Å². The van der Waals surface area contributed by atoms with Crippen molar-refractivity contribution >= 4 is 22.4 Å². The summed E-state index contributed by atoms with van der Waals surface area (Å²) in [5.41, 5.74) is 0.965. The summed E-state index contributed by atoms with van der Waals surface area (Å²) in [7, 11) is 0. The molecule has 0 fully saturated rings. The van der Waals surface area contributed by atoms with Crippen LogP contribution in [0, 0.1) is 0 Å². The molecule has 1 N–H and O–H groups in total. The van der Waals surface area contributed by atoms with Crippen LogP contribution in [0.15, 0.2) is 53.3 Å². The molecule has 144 valence electrons. The SMILES string of the molecule is CCn1c(=O)c2ccccc2n2c(CNc3ccccc3OC(F)F)nnc12. The van der Waals surface area contributed by atoms with Gasteiger partial charge in [-0.05, 0) is 31.2 Å². The second-order valence-electron chi connectivity index (χ2n) is 6.05. The molecule has 7 nitrogen and oxygen atoms in total. The second-order valence-corrected chi connectivity index (χ2v) is 6.05. The Bertz CT molecular complexity index is 1200. The van der Waals surface area contributed by atoms with Crippen molar-refractivity contribution in [1.29, 1.82) is 0 Å². The number of ether oxygens (including phenoxy) is 1. The molecule has 0 bridgehead atoms. The van der Waals surface area contributed by atoms with Gasteiger partial charge in [-0.15, -0.1) is 10.2 Å². The molecule has 0 unspecified atom stereocenters. The minimum atomic E-state index is -2.92. The van der Waals surface area contributed by atoms with Crippen molar-refractivity contribution in [3.8, 4) is 5.75 Å². The van der Waals surface area contributed by atoms with E-state index in [1.165, 1.54) is 6.07 Å². The monoisotopic (exact) mass is 385 g/mol. The number of nitrogens with zero attached hydrogens (tertiary/aromatic N) is 4. The largest absolute Gasteiger partial charge is 0.433 e. The summed E-state index contributed by atoms with van der Waals surface area (Å²) in [5.74, 6) is 1.02. The lowest BCUT2D eigenvalue weighted by atomic mass is 10.2. The molecule has 28 heavy (non-hydrogen) atoms. The van der Waals surface area contributed by atoms with Gasteiger partial charge in [-0.1, -0.05) is 24.3 Å². The van der Waals surface area contributed by atoms with Crippen LogP contribution in [0.3, 0.4) is 0 Å². The number of hydrogen-bond acceptors (Lipinski definition) is 5. The van der Waals surface area contributed by atoms with E-state index in [9.17, 15) is 13.6 Å². The minimum Gasteiger partial charge on any atom is -0.433 e. The van der Waals surface area contributed by atoms with Crippen molar-refractivity contribution in [2.24, 2.45) is 0 Å². The highest BCUT2D eigenvalue weighted by Crippen LogP contribution is 2.26. The summed E-state index contributed by atoms with van der Waals surface area (Å²) in [6.07, 6.45) is 0. The molecule has 2 heterocycles. The lowest BCUT2D eigenvalue weighted by molar-refractivity contribution is -0.0493. The van der Waals surface area contributed by atoms with E-state index in [1.54, 1.807) is 39.3 Å². The average Bonchev–Trinajstić information content (AvgIpc) is 3.11. The number of anilines is 1. The molecule has 2 aromatic carbocycles. The molecule has 9 heteroatoms. The number of rotatable bonds is 6. The molecule has 4 aromatic rings. The van der Waals surface area contributed by atoms with Crippen molar-refractivity contribution in [3.05, 3.63) is 64.7 Å². The van der Waals surface area contributed by atoms with Crippen molar-refractivity contribution in [3.63, 3.8) is 0 Å². The molecule has 0 aliphatic carbocycles. The number of aromatic nitrogens is 4. The van der Waals surface area contributed by atoms with Crippen LogP contribution in [0.25, 0.3) is 16.7 Å². The lowest BCUT2D eigenvalue weighted by Crippen LogP contribution is -2.23. The Labute approximate surface area is 158 Å². The molecular weight excluding hydrogens is 368 g/mol.